The second-order valence-electron chi connectivity index (χ2n) is 4.97. The van der Waals surface area contributed by atoms with Crippen LogP contribution in [0.3, 0.4) is 0 Å². The van der Waals surface area contributed by atoms with Crippen LogP contribution in [0.15, 0.2) is 47.6 Å². The van der Waals surface area contributed by atoms with E-state index in [2.05, 4.69) is 5.32 Å². The van der Waals surface area contributed by atoms with Crippen molar-refractivity contribution in [1.82, 2.24) is 0 Å². The van der Waals surface area contributed by atoms with Gasteiger partial charge in [0, 0.05) is 23.9 Å². The predicted molar refractivity (Wildman–Crippen MR) is 86.8 cm³/mol. The second-order valence-corrected chi connectivity index (χ2v) is 6.33. The molecule has 0 spiro atoms. The van der Waals surface area contributed by atoms with Crippen molar-refractivity contribution in [2.24, 2.45) is 0 Å². The lowest BCUT2D eigenvalue weighted by atomic mass is 10.2. The first-order valence-corrected chi connectivity index (χ1v) is 8.07. The maximum atomic E-state index is 12.3. The molecule has 1 aromatic carbocycles. The van der Waals surface area contributed by atoms with Gasteiger partial charge in [-0.2, -0.15) is 4.73 Å². The van der Waals surface area contributed by atoms with Gasteiger partial charge in [-0.1, -0.05) is 0 Å². The van der Waals surface area contributed by atoms with Crippen LogP contribution in [-0.2, 0) is 4.79 Å². The number of ether oxygens (including phenoxy) is 2. The highest BCUT2D eigenvalue weighted by Gasteiger charge is 2.20. The molecule has 0 fully saturated rings. The van der Waals surface area contributed by atoms with Crippen LogP contribution in [0.2, 0.25) is 0 Å². The van der Waals surface area contributed by atoms with Crippen molar-refractivity contribution in [3.63, 3.8) is 0 Å². The lowest BCUT2D eigenvalue weighted by molar-refractivity contribution is -0.645. The minimum Gasteiger partial charge on any atom is -0.618 e. The number of nitrogens with one attached hydrogen (secondary N) is 1. The number of fused-ring (bicyclic) bond motifs is 1. The fourth-order valence-corrected chi connectivity index (χ4v) is 2.95. The van der Waals surface area contributed by atoms with Gasteiger partial charge in [-0.15, -0.1) is 0 Å². The minimum absolute atomic E-state index is 0.185. The number of rotatable bonds is 4. The molecule has 2 heterocycles. The van der Waals surface area contributed by atoms with Gasteiger partial charge in [-0.3, -0.25) is 4.79 Å². The first-order chi connectivity index (χ1) is 11.1. The van der Waals surface area contributed by atoms with Crippen molar-refractivity contribution in [2.75, 3.05) is 18.5 Å². The molecule has 1 aliphatic rings. The highest BCUT2D eigenvalue weighted by molar-refractivity contribution is 8.00. The Morgan fingerprint density at radius 3 is 2.83 bits per heavy atom. The van der Waals surface area contributed by atoms with E-state index in [9.17, 15) is 10.0 Å². The molecule has 120 valence electrons. The molecular weight excluding hydrogens is 316 g/mol. The highest BCUT2D eigenvalue weighted by atomic mass is 32.2. The quantitative estimate of drug-likeness (QED) is 0.528. The Hall–Kier alpha value is -2.41. The summed E-state index contributed by atoms with van der Waals surface area (Å²) >= 11 is 1.21. The molecule has 7 heteroatoms. The summed E-state index contributed by atoms with van der Waals surface area (Å²) in [6.07, 6.45) is 1.41. The highest BCUT2D eigenvalue weighted by Crippen LogP contribution is 2.33. The van der Waals surface area contributed by atoms with E-state index in [1.54, 1.807) is 43.3 Å². The molecule has 0 radical (unpaired) electrons. The Kier molecular flexibility index (Phi) is 4.57. The van der Waals surface area contributed by atoms with Crippen LogP contribution >= 0.6 is 11.8 Å². The molecule has 23 heavy (non-hydrogen) atoms. The van der Waals surface area contributed by atoms with Gasteiger partial charge in [0.25, 0.3) is 5.03 Å². The molecule has 1 aromatic heterocycles. The van der Waals surface area contributed by atoms with Crippen LogP contribution in [0.5, 0.6) is 11.5 Å². The Balaban J connectivity index is 1.65. The van der Waals surface area contributed by atoms with E-state index >= 15 is 0 Å². The first-order valence-electron chi connectivity index (χ1n) is 7.19. The molecule has 0 bridgehead atoms. The largest absolute Gasteiger partial charge is 0.618 e. The number of anilines is 1. The van der Waals surface area contributed by atoms with E-state index in [0.29, 0.717) is 35.4 Å². The monoisotopic (exact) mass is 332 g/mol. The van der Waals surface area contributed by atoms with Crippen molar-refractivity contribution in [3.8, 4) is 11.5 Å². The topological polar surface area (TPSA) is 74.5 Å². The molecule has 0 aliphatic carbocycles. The van der Waals surface area contributed by atoms with E-state index in [0.717, 1.165) is 4.73 Å². The Labute approximate surface area is 138 Å². The number of nitrogens with zero attached hydrogens (tertiary/aromatic N) is 1. The van der Waals surface area contributed by atoms with Gasteiger partial charge in [-0.05, 0) is 36.9 Å². The van der Waals surface area contributed by atoms with Gasteiger partial charge in [0.05, 0.1) is 5.25 Å². The van der Waals surface area contributed by atoms with E-state index in [-0.39, 0.29) is 5.91 Å². The van der Waals surface area contributed by atoms with Gasteiger partial charge < -0.3 is 20.0 Å². The van der Waals surface area contributed by atoms with E-state index in [1.165, 1.54) is 18.0 Å². The van der Waals surface area contributed by atoms with Gasteiger partial charge in [-0.25, -0.2) is 0 Å². The lowest BCUT2D eigenvalue weighted by Gasteiger charge is -2.19. The number of thioether (sulfide) groups is 1. The Morgan fingerprint density at radius 1 is 1.26 bits per heavy atom. The number of hydrogen-bond acceptors (Lipinski definition) is 5. The third-order valence-electron chi connectivity index (χ3n) is 3.27. The summed E-state index contributed by atoms with van der Waals surface area (Å²) in [6, 6.07) is 10.4. The summed E-state index contributed by atoms with van der Waals surface area (Å²) < 4.78 is 11.7. The van der Waals surface area contributed by atoms with Crippen LogP contribution in [-0.4, -0.2) is 24.4 Å². The zero-order chi connectivity index (χ0) is 16.2. The van der Waals surface area contributed by atoms with Crippen molar-refractivity contribution >= 4 is 23.4 Å². The number of carbonyl (C=O) groups is 1. The molecule has 1 aliphatic heterocycles. The Bertz CT molecular complexity index is 723. The minimum atomic E-state index is -0.411. The van der Waals surface area contributed by atoms with Gasteiger partial charge >= 0.3 is 0 Å². The molecule has 0 saturated carbocycles. The average Bonchev–Trinajstić information content (AvgIpc) is 2.56. The molecule has 1 atom stereocenters. The molecular formula is C16H16N2O4S. The zero-order valence-corrected chi connectivity index (χ0v) is 13.3. The maximum Gasteiger partial charge on any atom is 0.252 e. The molecule has 1 unspecified atom stereocenters. The summed E-state index contributed by atoms with van der Waals surface area (Å²) in [4.78, 5) is 12.3. The number of hydrogen-bond donors (Lipinski definition) is 1. The SMILES string of the molecule is CC(Sc1cccc[n+]1[O-])C(=O)Nc1ccc2c(c1)OCCO2. The first kappa shape index (κ1) is 15.5. The normalized spacial score (nSPS) is 14.1. The van der Waals surface area contributed by atoms with Gasteiger partial charge in [0.2, 0.25) is 5.91 Å². The number of amides is 1. The smallest absolute Gasteiger partial charge is 0.252 e. The fourth-order valence-electron chi connectivity index (χ4n) is 2.10. The molecule has 0 saturated heterocycles. The molecule has 6 nitrogen and oxygen atoms in total. The van der Waals surface area contributed by atoms with Crippen LogP contribution in [0.1, 0.15) is 6.92 Å². The van der Waals surface area contributed by atoms with Gasteiger partial charge in [0.15, 0.2) is 17.7 Å². The van der Waals surface area contributed by atoms with Crippen LogP contribution in [0.25, 0.3) is 0 Å². The number of aromatic nitrogens is 1. The lowest BCUT2D eigenvalue weighted by Crippen LogP contribution is -2.30. The van der Waals surface area contributed by atoms with E-state index in [4.69, 9.17) is 9.47 Å². The van der Waals surface area contributed by atoms with Crippen LogP contribution < -0.4 is 19.5 Å². The number of carbonyl (C=O) groups excluding carboxylic acids is 1. The summed E-state index contributed by atoms with van der Waals surface area (Å²) in [5.41, 5.74) is 0.634. The molecule has 2 aromatic rings. The maximum absolute atomic E-state index is 12.3. The standard InChI is InChI=1S/C16H16N2O4S/c1-11(23-15-4-2-3-7-18(15)20)16(19)17-12-5-6-13-14(10-12)22-9-8-21-13/h2-7,10-11H,8-9H2,1H3,(H,17,19). The third kappa shape index (κ3) is 3.68. The summed E-state index contributed by atoms with van der Waals surface area (Å²) in [5, 5.41) is 14.5. The van der Waals surface area contributed by atoms with Crippen molar-refractivity contribution < 1.29 is 19.0 Å². The molecule has 3 rings (SSSR count). The third-order valence-corrected chi connectivity index (χ3v) is 4.39. The van der Waals surface area contributed by atoms with Gasteiger partial charge in [0.1, 0.15) is 13.2 Å². The number of pyridine rings is 1. The number of benzene rings is 1. The average molecular weight is 332 g/mol. The predicted octanol–water partition coefficient (Wildman–Crippen LogP) is 2.21. The molecule has 1 amide bonds. The van der Waals surface area contributed by atoms with Crippen molar-refractivity contribution in [2.45, 2.75) is 17.2 Å². The fraction of sp³-hybridized carbons (Fsp3) is 0.250. The zero-order valence-electron chi connectivity index (χ0n) is 12.5. The second kappa shape index (κ2) is 6.78. The van der Waals surface area contributed by atoms with Crippen molar-refractivity contribution in [1.29, 1.82) is 0 Å². The van der Waals surface area contributed by atoms with Crippen LogP contribution in [0.4, 0.5) is 5.69 Å². The summed E-state index contributed by atoms with van der Waals surface area (Å²) in [6.45, 7) is 2.78. The van der Waals surface area contributed by atoms with E-state index in [1.807, 2.05) is 0 Å². The summed E-state index contributed by atoms with van der Waals surface area (Å²) in [7, 11) is 0. The Morgan fingerprint density at radius 2 is 2.04 bits per heavy atom. The van der Waals surface area contributed by atoms with Crippen molar-refractivity contribution in [3.05, 3.63) is 47.8 Å². The summed E-state index contributed by atoms with van der Waals surface area (Å²) in [5.74, 6) is 1.11. The van der Waals surface area contributed by atoms with Crippen LogP contribution in [0, 0.1) is 5.21 Å². The van der Waals surface area contributed by atoms with E-state index < -0.39 is 5.25 Å². The molecule has 1 N–H and O–H groups in total.